The molecule has 30 heavy (non-hydrogen) atoms. The average Bonchev–Trinajstić information content (AvgIpc) is 3.05. The molecule has 160 valence electrons. The van der Waals surface area contributed by atoms with Crippen molar-refractivity contribution in [3.8, 4) is 0 Å². The largest absolute Gasteiger partial charge is 0.316 e. The van der Waals surface area contributed by atoms with Crippen LogP contribution in [0.1, 0.15) is 52.7 Å². The molecule has 0 unspecified atom stereocenters. The Balaban J connectivity index is 0.00000256. The third-order valence-corrected chi connectivity index (χ3v) is 6.24. The van der Waals surface area contributed by atoms with E-state index in [0.717, 1.165) is 79.1 Å². The molecule has 1 N–H and O–H groups in total. The van der Waals surface area contributed by atoms with Crippen molar-refractivity contribution in [3.05, 3.63) is 63.7 Å². The molecule has 0 saturated carbocycles. The van der Waals surface area contributed by atoms with Crippen molar-refractivity contribution in [3.63, 3.8) is 0 Å². The number of rotatable bonds is 9. The lowest BCUT2D eigenvalue weighted by atomic mass is 9.94. The predicted octanol–water partition coefficient (Wildman–Crippen LogP) is 4.94. The number of benzene rings is 2. The fourth-order valence-corrected chi connectivity index (χ4v) is 4.60. The van der Waals surface area contributed by atoms with Crippen LogP contribution in [0.4, 0.5) is 5.69 Å². The first-order valence-electron chi connectivity index (χ1n) is 10.6. The lowest BCUT2D eigenvalue weighted by Gasteiger charge is -2.25. The molecule has 0 spiro atoms. The van der Waals surface area contributed by atoms with Crippen molar-refractivity contribution in [1.29, 1.82) is 0 Å². The molecule has 6 heteroatoms. The smallest absolute Gasteiger partial charge is 0.231 e. The lowest BCUT2D eigenvalue weighted by Crippen LogP contribution is -2.31. The molecule has 4 rings (SSSR count). The van der Waals surface area contributed by atoms with Gasteiger partial charge in [-0.2, -0.15) is 0 Å². The second-order valence-corrected chi connectivity index (χ2v) is 8.35. The van der Waals surface area contributed by atoms with Crippen LogP contribution in [0.2, 0.25) is 5.02 Å². The minimum Gasteiger partial charge on any atom is -0.316 e. The second-order valence-electron chi connectivity index (χ2n) is 7.94. The van der Waals surface area contributed by atoms with Gasteiger partial charge in [-0.05, 0) is 80.1 Å². The summed E-state index contributed by atoms with van der Waals surface area (Å²) >= 11 is 6.17. The van der Waals surface area contributed by atoms with Crippen molar-refractivity contribution in [2.24, 2.45) is 0 Å². The van der Waals surface area contributed by atoms with Crippen molar-refractivity contribution in [1.82, 2.24) is 5.32 Å². The third-order valence-electron chi connectivity index (χ3n) is 5.87. The summed E-state index contributed by atoms with van der Waals surface area (Å²) in [5, 5.41) is 4.25. The average molecular weight is 492 g/mol. The molecule has 2 aliphatic rings. The van der Waals surface area contributed by atoms with E-state index in [1.807, 2.05) is 35.2 Å². The number of hydrogen-bond donors (Lipinski definition) is 1. The molecule has 0 atom stereocenters. The highest BCUT2D eigenvalue weighted by Gasteiger charge is 2.32. The molecule has 0 radical (unpaired) electrons. The van der Waals surface area contributed by atoms with Gasteiger partial charge in [0.1, 0.15) is 0 Å². The maximum Gasteiger partial charge on any atom is 0.231 e. The van der Waals surface area contributed by atoms with Crippen LogP contribution in [0, 0.1) is 0 Å². The maximum atomic E-state index is 12.7. The highest BCUT2D eigenvalue weighted by Crippen LogP contribution is 2.37. The molecular formula is C24H28BrClN2O2. The summed E-state index contributed by atoms with van der Waals surface area (Å²) in [4.78, 5) is 26.7. The number of carbonyl (C=O) groups excluding carboxylic acids is 2. The number of unbranched alkanes of at least 4 members (excludes halogenated alkanes) is 1. The van der Waals surface area contributed by atoms with Gasteiger partial charge in [0.15, 0.2) is 5.78 Å². The zero-order valence-corrected chi connectivity index (χ0v) is 19.6. The number of ketones is 1. The topological polar surface area (TPSA) is 49.4 Å². The number of aryl methyl sites for hydroxylation is 1. The van der Waals surface area contributed by atoms with Gasteiger partial charge in [-0.1, -0.05) is 29.8 Å². The summed E-state index contributed by atoms with van der Waals surface area (Å²) in [5.41, 5.74) is 5.23. The molecule has 0 bridgehead atoms. The van der Waals surface area contributed by atoms with Gasteiger partial charge in [0.2, 0.25) is 5.91 Å². The van der Waals surface area contributed by atoms with Crippen molar-refractivity contribution in [2.75, 3.05) is 24.5 Å². The summed E-state index contributed by atoms with van der Waals surface area (Å²) in [6.07, 6.45) is 5.69. The van der Waals surface area contributed by atoms with Gasteiger partial charge in [0.05, 0.1) is 12.1 Å². The van der Waals surface area contributed by atoms with Gasteiger partial charge in [-0.25, -0.2) is 0 Å². The Morgan fingerprint density at radius 3 is 2.73 bits per heavy atom. The fraction of sp³-hybridized carbons (Fsp3) is 0.417. The van der Waals surface area contributed by atoms with Gasteiger partial charge in [0, 0.05) is 23.6 Å². The zero-order chi connectivity index (χ0) is 20.2. The van der Waals surface area contributed by atoms with Gasteiger partial charge in [-0.3, -0.25) is 9.59 Å². The molecular weight excluding hydrogens is 464 g/mol. The Bertz CT molecular complexity index is 931. The number of halogens is 2. The van der Waals surface area contributed by atoms with Crippen LogP contribution in [0.25, 0.3) is 0 Å². The van der Waals surface area contributed by atoms with E-state index in [1.54, 1.807) is 0 Å². The Labute approximate surface area is 193 Å². The molecule has 2 aliphatic heterocycles. The van der Waals surface area contributed by atoms with Crippen molar-refractivity contribution < 1.29 is 9.59 Å². The molecule has 0 aliphatic carbocycles. The molecule has 2 aromatic rings. The Morgan fingerprint density at radius 2 is 1.90 bits per heavy atom. The SMILES string of the molecule is Br.O=C(CCCCNCCc1ccccc1Cl)c1cc2c3c(c1)CC(=O)N3CCC2. The van der Waals surface area contributed by atoms with E-state index in [2.05, 4.69) is 11.4 Å². The molecule has 0 fully saturated rings. The Kier molecular flexibility index (Phi) is 8.09. The molecule has 1 amide bonds. The van der Waals surface area contributed by atoms with E-state index < -0.39 is 0 Å². The van der Waals surface area contributed by atoms with Crippen LogP contribution in [-0.2, 0) is 24.1 Å². The van der Waals surface area contributed by atoms with Crippen LogP contribution in [-0.4, -0.2) is 31.3 Å². The highest BCUT2D eigenvalue weighted by molar-refractivity contribution is 8.93. The molecule has 0 aromatic heterocycles. The lowest BCUT2D eigenvalue weighted by molar-refractivity contribution is -0.117. The third kappa shape index (κ3) is 5.13. The highest BCUT2D eigenvalue weighted by atomic mass is 79.9. The van der Waals surface area contributed by atoms with Gasteiger partial charge in [-0.15, -0.1) is 17.0 Å². The van der Waals surface area contributed by atoms with Crippen molar-refractivity contribution >= 4 is 46.0 Å². The summed E-state index contributed by atoms with van der Waals surface area (Å²) in [6.45, 7) is 2.60. The Morgan fingerprint density at radius 1 is 1.10 bits per heavy atom. The van der Waals surface area contributed by atoms with E-state index in [1.165, 1.54) is 5.56 Å². The number of anilines is 1. The number of carbonyl (C=O) groups is 2. The van der Waals surface area contributed by atoms with E-state index in [9.17, 15) is 9.59 Å². The van der Waals surface area contributed by atoms with Gasteiger partial charge in [0.25, 0.3) is 0 Å². The van der Waals surface area contributed by atoms with Crippen LogP contribution >= 0.6 is 28.6 Å². The molecule has 0 saturated heterocycles. The number of hydrogen-bond acceptors (Lipinski definition) is 3. The van der Waals surface area contributed by atoms with Crippen LogP contribution < -0.4 is 10.2 Å². The van der Waals surface area contributed by atoms with Crippen LogP contribution in [0.3, 0.4) is 0 Å². The zero-order valence-electron chi connectivity index (χ0n) is 17.1. The normalized spacial score (nSPS) is 14.4. The summed E-state index contributed by atoms with van der Waals surface area (Å²) < 4.78 is 0. The standard InChI is InChI=1S/C24H27ClN2O2.BrH/c25-21-8-2-1-6-17(21)10-12-26-11-4-3-9-22(28)19-14-18-7-5-13-27-23(29)16-20(15-19)24(18)27;/h1-2,6,8,14-15,26H,3-5,7,9-13,16H2;1H. The number of nitrogens with one attached hydrogen (secondary N) is 1. The van der Waals surface area contributed by atoms with E-state index in [4.69, 9.17) is 11.6 Å². The minimum absolute atomic E-state index is 0. The summed E-state index contributed by atoms with van der Waals surface area (Å²) in [6, 6.07) is 11.9. The van der Waals surface area contributed by atoms with E-state index >= 15 is 0 Å². The molecule has 4 nitrogen and oxygen atoms in total. The van der Waals surface area contributed by atoms with Crippen molar-refractivity contribution in [2.45, 2.75) is 44.9 Å². The van der Waals surface area contributed by atoms with Gasteiger partial charge >= 0.3 is 0 Å². The van der Waals surface area contributed by atoms with Crippen LogP contribution in [0.15, 0.2) is 36.4 Å². The summed E-state index contributed by atoms with van der Waals surface area (Å²) in [5.74, 6) is 0.366. The van der Waals surface area contributed by atoms with E-state index in [0.29, 0.717) is 12.8 Å². The van der Waals surface area contributed by atoms with Crippen LogP contribution in [0.5, 0.6) is 0 Å². The summed E-state index contributed by atoms with van der Waals surface area (Å²) in [7, 11) is 0. The van der Waals surface area contributed by atoms with E-state index in [-0.39, 0.29) is 28.7 Å². The van der Waals surface area contributed by atoms with Gasteiger partial charge < -0.3 is 10.2 Å². The number of nitrogens with zero attached hydrogens (tertiary/aromatic N) is 1. The first-order valence-corrected chi connectivity index (χ1v) is 10.9. The predicted molar refractivity (Wildman–Crippen MR) is 127 cm³/mol. The first-order chi connectivity index (χ1) is 14.1. The quantitative estimate of drug-likeness (QED) is 0.399. The second kappa shape index (κ2) is 10.6. The number of Topliss-reactive ketones (excluding diaryl/α,β-unsaturated/α-hetero) is 1. The monoisotopic (exact) mass is 490 g/mol. The molecule has 2 heterocycles. The fourth-order valence-electron chi connectivity index (χ4n) is 4.37. The number of amides is 1. The first kappa shape index (κ1) is 23.0. The maximum absolute atomic E-state index is 12.7. The minimum atomic E-state index is 0. The Hall–Kier alpha value is -1.69. The molecule has 2 aromatic carbocycles.